The topological polar surface area (TPSA) is 98.0 Å². The van der Waals surface area contributed by atoms with Gasteiger partial charge < -0.3 is 5.32 Å². The molecular weight excluding hydrogens is 400 g/mol. The van der Waals surface area contributed by atoms with Crippen molar-refractivity contribution in [3.63, 3.8) is 0 Å². The molecule has 4 aromatic rings. The van der Waals surface area contributed by atoms with Crippen LogP contribution in [0.3, 0.4) is 0 Å². The van der Waals surface area contributed by atoms with Gasteiger partial charge in [-0.2, -0.15) is 0 Å². The molecule has 0 fully saturated rings. The van der Waals surface area contributed by atoms with Crippen molar-refractivity contribution in [2.75, 3.05) is 5.32 Å². The lowest BCUT2D eigenvalue weighted by Gasteiger charge is -2.06. The summed E-state index contributed by atoms with van der Waals surface area (Å²) in [7, 11) is 0. The van der Waals surface area contributed by atoms with E-state index in [1.807, 2.05) is 41.8 Å². The van der Waals surface area contributed by atoms with Crippen LogP contribution >= 0.6 is 11.3 Å². The summed E-state index contributed by atoms with van der Waals surface area (Å²) in [5, 5.41) is 16.5. The number of nitrogens with zero attached hydrogens (tertiary/aromatic N) is 3. The molecule has 0 aliphatic rings. The van der Waals surface area contributed by atoms with E-state index in [2.05, 4.69) is 15.3 Å². The fourth-order valence-corrected chi connectivity index (χ4v) is 3.75. The minimum atomic E-state index is -0.493. The Morgan fingerprint density at radius 1 is 1.03 bits per heavy atom. The number of hydrogen-bond acceptors (Lipinski definition) is 6. The highest BCUT2D eigenvalue weighted by Gasteiger charge is 2.10. The molecule has 0 radical (unpaired) electrons. The lowest BCUT2D eigenvalue weighted by molar-refractivity contribution is -0.384. The number of amides is 1. The molecule has 30 heavy (non-hydrogen) atoms. The van der Waals surface area contributed by atoms with Crippen LogP contribution in [0.5, 0.6) is 0 Å². The van der Waals surface area contributed by atoms with Crippen molar-refractivity contribution in [2.45, 2.75) is 6.42 Å². The van der Waals surface area contributed by atoms with Gasteiger partial charge in [0.2, 0.25) is 5.91 Å². The highest BCUT2D eigenvalue weighted by Crippen LogP contribution is 2.28. The van der Waals surface area contributed by atoms with Gasteiger partial charge in [-0.1, -0.05) is 30.3 Å². The number of rotatable bonds is 6. The Morgan fingerprint density at radius 3 is 2.53 bits per heavy atom. The molecule has 8 heteroatoms. The Labute approximate surface area is 176 Å². The van der Waals surface area contributed by atoms with Crippen molar-refractivity contribution < 1.29 is 9.72 Å². The van der Waals surface area contributed by atoms with Crippen molar-refractivity contribution in [3.8, 4) is 21.8 Å². The zero-order chi connectivity index (χ0) is 20.9. The second-order valence-electron chi connectivity index (χ2n) is 6.50. The average Bonchev–Trinajstić information content (AvgIpc) is 3.25. The van der Waals surface area contributed by atoms with E-state index in [0.29, 0.717) is 5.69 Å². The predicted octanol–water partition coefficient (Wildman–Crippen LogP) is 4.96. The van der Waals surface area contributed by atoms with Crippen LogP contribution in [0.1, 0.15) is 5.56 Å². The third-order valence-corrected chi connectivity index (χ3v) is 5.28. The Hall–Kier alpha value is -3.91. The molecule has 0 aliphatic carbocycles. The molecule has 1 amide bonds. The van der Waals surface area contributed by atoms with Crippen LogP contribution in [0.25, 0.3) is 21.8 Å². The molecule has 0 saturated heterocycles. The van der Waals surface area contributed by atoms with Crippen molar-refractivity contribution >= 4 is 28.6 Å². The summed E-state index contributed by atoms with van der Waals surface area (Å²) in [5.74, 6) is -0.239. The first-order valence-electron chi connectivity index (χ1n) is 9.08. The van der Waals surface area contributed by atoms with Crippen molar-refractivity contribution in [3.05, 3.63) is 94.1 Å². The summed E-state index contributed by atoms with van der Waals surface area (Å²) in [5.41, 5.74) is 4.04. The molecule has 1 N–H and O–H groups in total. The maximum absolute atomic E-state index is 12.3. The molecule has 0 spiro atoms. The van der Waals surface area contributed by atoms with Crippen molar-refractivity contribution in [1.82, 2.24) is 9.97 Å². The van der Waals surface area contributed by atoms with Crippen LogP contribution in [0.15, 0.2) is 78.4 Å². The van der Waals surface area contributed by atoms with E-state index < -0.39 is 4.92 Å². The number of nitrogens with one attached hydrogen (secondary N) is 1. The van der Waals surface area contributed by atoms with E-state index >= 15 is 0 Å². The van der Waals surface area contributed by atoms with Gasteiger partial charge >= 0.3 is 0 Å². The van der Waals surface area contributed by atoms with Gasteiger partial charge in [-0.3, -0.25) is 19.9 Å². The lowest BCUT2D eigenvalue weighted by Crippen LogP contribution is -2.14. The highest BCUT2D eigenvalue weighted by atomic mass is 32.1. The molecule has 148 valence electrons. The number of hydrogen-bond donors (Lipinski definition) is 1. The second kappa shape index (κ2) is 8.62. The van der Waals surface area contributed by atoms with Gasteiger partial charge in [0.05, 0.1) is 17.0 Å². The van der Waals surface area contributed by atoms with Gasteiger partial charge in [-0.15, -0.1) is 11.3 Å². The zero-order valence-electron chi connectivity index (χ0n) is 15.7. The van der Waals surface area contributed by atoms with E-state index in [9.17, 15) is 14.9 Å². The number of nitro benzene ring substituents is 1. The third-order valence-electron chi connectivity index (χ3n) is 4.39. The van der Waals surface area contributed by atoms with Gasteiger partial charge in [0.1, 0.15) is 5.01 Å². The van der Waals surface area contributed by atoms with Gasteiger partial charge in [0.25, 0.3) is 5.69 Å². The number of non-ortho nitro benzene ring substituents is 1. The minimum absolute atomic E-state index is 0.0634. The number of pyridine rings is 1. The van der Waals surface area contributed by atoms with Crippen molar-refractivity contribution in [1.29, 1.82) is 0 Å². The molecule has 0 unspecified atom stereocenters. The van der Waals surface area contributed by atoms with E-state index in [0.717, 1.165) is 27.4 Å². The first kappa shape index (κ1) is 19.4. The fourth-order valence-electron chi connectivity index (χ4n) is 2.91. The van der Waals surface area contributed by atoms with Gasteiger partial charge in [0, 0.05) is 46.7 Å². The number of carbonyl (C=O) groups excluding carboxylic acids is 1. The number of benzene rings is 2. The van der Waals surface area contributed by atoms with E-state index in [4.69, 9.17) is 0 Å². The molecule has 2 aromatic carbocycles. The number of nitro groups is 1. The smallest absolute Gasteiger partial charge is 0.271 e. The van der Waals surface area contributed by atoms with Crippen LogP contribution in [-0.4, -0.2) is 20.8 Å². The first-order valence-corrected chi connectivity index (χ1v) is 9.96. The molecule has 0 bridgehead atoms. The lowest BCUT2D eigenvalue weighted by atomic mass is 10.1. The first-order chi connectivity index (χ1) is 14.6. The van der Waals surface area contributed by atoms with Crippen molar-refractivity contribution in [2.24, 2.45) is 0 Å². The number of thiazole rings is 1. The molecule has 2 aromatic heterocycles. The Morgan fingerprint density at radius 2 is 1.80 bits per heavy atom. The van der Waals surface area contributed by atoms with Crippen LogP contribution in [0.4, 0.5) is 11.4 Å². The van der Waals surface area contributed by atoms with Crippen LogP contribution in [0, 0.1) is 10.1 Å². The molecule has 4 rings (SSSR count). The number of anilines is 1. The molecule has 0 aliphatic heterocycles. The van der Waals surface area contributed by atoms with Gasteiger partial charge in [0.15, 0.2) is 0 Å². The summed E-state index contributed by atoms with van der Waals surface area (Å²) in [6.45, 7) is 0. The molecule has 0 saturated carbocycles. The summed E-state index contributed by atoms with van der Waals surface area (Å²) >= 11 is 1.57. The zero-order valence-corrected chi connectivity index (χ0v) is 16.5. The second-order valence-corrected chi connectivity index (χ2v) is 7.36. The molecule has 2 heterocycles. The van der Waals surface area contributed by atoms with E-state index in [-0.39, 0.29) is 18.0 Å². The summed E-state index contributed by atoms with van der Waals surface area (Å²) in [6.07, 6.45) is 3.65. The summed E-state index contributed by atoms with van der Waals surface area (Å²) < 4.78 is 0. The maximum atomic E-state index is 12.3. The standard InChI is InChI=1S/C22H16N4O3S/c27-21(24-18-2-1-3-19(13-18)26(28)29)12-15-4-6-16(7-5-15)20-14-30-22(25-20)17-8-10-23-11-9-17/h1-11,13-14H,12H2,(H,24,27). The van der Waals surface area contributed by atoms with E-state index in [1.54, 1.807) is 29.8 Å². The quantitative estimate of drug-likeness (QED) is 0.354. The predicted molar refractivity (Wildman–Crippen MR) is 116 cm³/mol. The van der Waals surface area contributed by atoms with Gasteiger partial charge in [-0.25, -0.2) is 4.98 Å². The molecule has 0 atom stereocenters. The van der Waals surface area contributed by atoms with E-state index in [1.165, 1.54) is 18.2 Å². The summed E-state index contributed by atoms with van der Waals surface area (Å²) in [4.78, 5) is 31.3. The largest absolute Gasteiger partial charge is 0.326 e. The monoisotopic (exact) mass is 416 g/mol. The SMILES string of the molecule is O=C(Cc1ccc(-c2csc(-c3ccncc3)n2)cc1)Nc1cccc([N+](=O)[O-])c1. The highest BCUT2D eigenvalue weighted by molar-refractivity contribution is 7.13. The Kier molecular flexibility index (Phi) is 5.58. The fraction of sp³-hybridized carbons (Fsp3) is 0.0455. The average molecular weight is 416 g/mol. The normalized spacial score (nSPS) is 10.5. The van der Waals surface area contributed by atoms with Crippen LogP contribution in [-0.2, 0) is 11.2 Å². The van der Waals surface area contributed by atoms with Crippen LogP contribution < -0.4 is 5.32 Å². The van der Waals surface area contributed by atoms with Crippen LogP contribution in [0.2, 0.25) is 0 Å². The molecule has 7 nitrogen and oxygen atoms in total. The Bertz CT molecular complexity index is 1190. The maximum Gasteiger partial charge on any atom is 0.271 e. The van der Waals surface area contributed by atoms with Gasteiger partial charge in [-0.05, 0) is 23.8 Å². The summed E-state index contributed by atoms with van der Waals surface area (Å²) in [6, 6.07) is 17.4. The number of carbonyl (C=O) groups is 1. The number of aromatic nitrogens is 2. The molecular formula is C22H16N4O3S. The minimum Gasteiger partial charge on any atom is -0.326 e. The Balaban J connectivity index is 1.41. The third kappa shape index (κ3) is 4.56.